The predicted molar refractivity (Wildman–Crippen MR) is 83.2 cm³/mol. The molecule has 112 valence electrons. The lowest BCUT2D eigenvalue weighted by Gasteiger charge is -2.51. The van der Waals surface area contributed by atoms with Crippen LogP contribution in [0.2, 0.25) is 31.7 Å². The molecule has 3 nitrogen and oxygen atoms in total. The Morgan fingerprint density at radius 1 is 1.16 bits per heavy atom. The zero-order valence-corrected chi connectivity index (χ0v) is 15.0. The first-order valence-corrected chi connectivity index (χ1v) is 13.6. The molecule has 0 aromatic heterocycles. The van der Waals surface area contributed by atoms with Crippen LogP contribution in [-0.4, -0.2) is 39.7 Å². The van der Waals surface area contributed by atoms with Crippen molar-refractivity contribution in [1.29, 1.82) is 0 Å². The van der Waals surface area contributed by atoms with Crippen LogP contribution >= 0.6 is 0 Å². The van der Waals surface area contributed by atoms with Gasteiger partial charge >= 0.3 is 0 Å². The second kappa shape index (κ2) is 5.60. The smallest absolute Gasteiger partial charge is 0.224 e. The van der Waals surface area contributed by atoms with E-state index in [2.05, 4.69) is 26.6 Å². The molecule has 3 unspecified atom stereocenters. The van der Waals surface area contributed by atoms with Gasteiger partial charge in [-0.15, -0.1) is 0 Å². The second-order valence-corrected chi connectivity index (χ2v) is 15.4. The van der Waals surface area contributed by atoms with Crippen LogP contribution in [0.4, 0.5) is 0 Å². The molecular weight excluding hydrogens is 272 g/mol. The van der Waals surface area contributed by atoms with Crippen LogP contribution in [0.15, 0.2) is 0 Å². The zero-order chi connectivity index (χ0) is 14.1. The van der Waals surface area contributed by atoms with E-state index in [1.165, 1.54) is 18.9 Å². The van der Waals surface area contributed by atoms with Crippen molar-refractivity contribution in [2.75, 3.05) is 6.61 Å². The standard InChI is InChI=1S/C14H30O3Si2/c1-5-14(15,19(4)12-7-6-10-16-19)13-9-8-11-18(2,3)17-13/h13,15H,5-12H2,1-4H3. The van der Waals surface area contributed by atoms with Gasteiger partial charge in [0.2, 0.25) is 8.32 Å². The molecule has 5 heteroatoms. The number of rotatable bonds is 3. The lowest BCUT2D eigenvalue weighted by Crippen LogP contribution is -2.68. The molecule has 1 N–H and O–H groups in total. The normalized spacial score (nSPS) is 38.7. The van der Waals surface area contributed by atoms with E-state index in [0.29, 0.717) is 0 Å². The van der Waals surface area contributed by atoms with Crippen LogP contribution in [0.3, 0.4) is 0 Å². The Balaban J connectivity index is 2.20. The molecule has 2 saturated heterocycles. The van der Waals surface area contributed by atoms with E-state index >= 15 is 0 Å². The van der Waals surface area contributed by atoms with Crippen LogP contribution < -0.4 is 0 Å². The minimum Gasteiger partial charge on any atom is -0.414 e. The molecule has 2 aliphatic heterocycles. The Labute approximate surface area is 120 Å². The maximum Gasteiger partial charge on any atom is 0.224 e. The number of hydrogen-bond donors (Lipinski definition) is 1. The molecule has 0 aromatic rings. The maximum atomic E-state index is 11.4. The Bertz CT molecular complexity index is 316. The largest absolute Gasteiger partial charge is 0.414 e. The van der Waals surface area contributed by atoms with Gasteiger partial charge in [-0.3, -0.25) is 0 Å². The van der Waals surface area contributed by atoms with E-state index in [4.69, 9.17) is 8.85 Å². The molecule has 3 atom stereocenters. The van der Waals surface area contributed by atoms with Gasteiger partial charge in [0, 0.05) is 6.61 Å². The molecule has 0 aliphatic carbocycles. The van der Waals surface area contributed by atoms with E-state index in [9.17, 15) is 5.11 Å². The van der Waals surface area contributed by atoms with Crippen LogP contribution in [-0.2, 0) is 8.85 Å². The van der Waals surface area contributed by atoms with Crippen molar-refractivity contribution in [1.82, 2.24) is 0 Å². The molecule has 0 amide bonds. The zero-order valence-electron chi connectivity index (χ0n) is 13.0. The van der Waals surface area contributed by atoms with Crippen LogP contribution in [0.25, 0.3) is 0 Å². The highest BCUT2D eigenvalue weighted by atomic mass is 28.4. The summed E-state index contributed by atoms with van der Waals surface area (Å²) in [7, 11) is -3.66. The highest BCUT2D eigenvalue weighted by Gasteiger charge is 2.56. The molecular formula is C14H30O3Si2. The summed E-state index contributed by atoms with van der Waals surface area (Å²) in [5.74, 6) is 0. The lowest BCUT2D eigenvalue weighted by molar-refractivity contribution is -0.0415. The second-order valence-electron chi connectivity index (χ2n) is 7.07. The fourth-order valence-electron chi connectivity index (χ4n) is 3.77. The summed E-state index contributed by atoms with van der Waals surface area (Å²) in [5.41, 5.74) is 0. The number of aliphatic hydroxyl groups is 1. The average molecular weight is 303 g/mol. The topological polar surface area (TPSA) is 38.7 Å². The van der Waals surface area contributed by atoms with Crippen LogP contribution in [0.1, 0.15) is 39.0 Å². The average Bonchev–Trinajstić information content (AvgIpc) is 2.37. The molecule has 2 aliphatic rings. The van der Waals surface area contributed by atoms with Crippen molar-refractivity contribution in [3.63, 3.8) is 0 Å². The molecule has 0 aromatic carbocycles. The SMILES string of the molecule is CCC(O)(C1CCC[Si](C)(C)O1)[Si]1(C)CCCCO1. The first-order chi connectivity index (χ1) is 8.83. The van der Waals surface area contributed by atoms with Gasteiger partial charge in [0.25, 0.3) is 0 Å². The van der Waals surface area contributed by atoms with Gasteiger partial charge in [0.1, 0.15) is 5.22 Å². The highest BCUT2D eigenvalue weighted by molar-refractivity contribution is 6.76. The van der Waals surface area contributed by atoms with Gasteiger partial charge in [0.05, 0.1) is 6.10 Å². The first kappa shape index (κ1) is 15.7. The molecule has 2 rings (SSSR count). The highest BCUT2D eigenvalue weighted by Crippen LogP contribution is 2.42. The van der Waals surface area contributed by atoms with Gasteiger partial charge in [0.15, 0.2) is 8.32 Å². The summed E-state index contributed by atoms with van der Waals surface area (Å²) in [6, 6.07) is 2.31. The van der Waals surface area contributed by atoms with Crippen molar-refractivity contribution in [3.05, 3.63) is 0 Å². The van der Waals surface area contributed by atoms with Gasteiger partial charge in [-0.05, 0) is 51.0 Å². The van der Waals surface area contributed by atoms with Gasteiger partial charge in [-0.1, -0.05) is 19.8 Å². The molecule has 0 radical (unpaired) electrons. The van der Waals surface area contributed by atoms with E-state index in [1.54, 1.807) is 0 Å². The Kier molecular flexibility index (Phi) is 4.63. The van der Waals surface area contributed by atoms with Gasteiger partial charge in [-0.2, -0.15) is 0 Å². The molecule has 0 saturated carbocycles. The summed E-state index contributed by atoms with van der Waals surface area (Å²) in [4.78, 5) is 0. The van der Waals surface area contributed by atoms with E-state index in [-0.39, 0.29) is 6.10 Å². The van der Waals surface area contributed by atoms with Crippen molar-refractivity contribution >= 4 is 16.6 Å². The summed E-state index contributed by atoms with van der Waals surface area (Å²) in [6.07, 6.45) is 5.35. The minimum absolute atomic E-state index is 0.0164. The van der Waals surface area contributed by atoms with Crippen molar-refractivity contribution in [3.8, 4) is 0 Å². The fourth-order valence-corrected chi connectivity index (χ4v) is 10.1. The third-order valence-electron chi connectivity index (χ3n) is 5.16. The summed E-state index contributed by atoms with van der Waals surface area (Å²) in [6.45, 7) is 9.71. The monoisotopic (exact) mass is 302 g/mol. The Morgan fingerprint density at radius 2 is 1.89 bits per heavy atom. The third kappa shape index (κ3) is 3.00. The predicted octanol–water partition coefficient (Wildman–Crippen LogP) is 3.44. The quantitative estimate of drug-likeness (QED) is 0.812. The lowest BCUT2D eigenvalue weighted by atomic mass is 10.1. The molecule has 19 heavy (non-hydrogen) atoms. The molecule has 0 spiro atoms. The van der Waals surface area contributed by atoms with Gasteiger partial charge < -0.3 is 14.0 Å². The van der Waals surface area contributed by atoms with Crippen LogP contribution in [0.5, 0.6) is 0 Å². The fraction of sp³-hybridized carbons (Fsp3) is 1.00. The molecule has 2 heterocycles. The van der Waals surface area contributed by atoms with Crippen molar-refractivity contribution in [2.24, 2.45) is 0 Å². The van der Waals surface area contributed by atoms with Gasteiger partial charge in [-0.25, -0.2) is 0 Å². The Morgan fingerprint density at radius 3 is 2.42 bits per heavy atom. The van der Waals surface area contributed by atoms with Crippen molar-refractivity contribution in [2.45, 2.75) is 82.1 Å². The summed E-state index contributed by atoms with van der Waals surface area (Å²) < 4.78 is 12.6. The summed E-state index contributed by atoms with van der Waals surface area (Å²) >= 11 is 0. The number of hydrogen-bond acceptors (Lipinski definition) is 3. The minimum atomic E-state index is -2.09. The molecule has 2 fully saturated rings. The third-order valence-corrected chi connectivity index (χ3v) is 12.3. The molecule has 0 bridgehead atoms. The van der Waals surface area contributed by atoms with E-state index < -0.39 is 21.9 Å². The van der Waals surface area contributed by atoms with Crippen LogP contribution in [0, 0.1) is 0 Å². The van der Waals surface area contributed by atoms with Crippen molar-refractivity contribution < 1.29 is 14.0 Å². The first-order valence-electron chi connectivity index (χ1n) is 7.87. The van der Waals surface area contributed by atoms with E-state index in [1.807, 2.05) is 0 Å². The van der Waals surface area contributed by atoms with E-state index in [0.717, 1.165) is 31.9 Å². The Hall–Kier alpha value is 0.314. The summed E-state index contributed by atoms with van der Waals surface area (Å²) in [5, 5.41) is 10.7. The maximum absolute atomic E-state index is 11.4.